The Morgan fingerprint density at radius 3 is 2.81 bits per heavy atom. The summed E-state index contributed by atoms with van der Waals surface area (Å²) in [6.45, 7) is 3.71. The number of methoxy groups -OCH3 is 1. The first-order valence-corrected chi connectivity index (χ1v) is 8.09. The van der Waals surface area contributed by atoms with Crippen LogP contribution in [0.3, 0.4) is 0 Å². The first-order valence-electron chi connectivity index (χ1n) is 8.09. The Labute approximate surface area is 150 Å². The van der Waals surface area contributed by atoms with E-state index in [9.17, 15) is 4.79 Å². The summed E-state index contributed by atoms with van der Waals surface area (Å²) in [5.74, 6) is 0.970. The Morgan fingerprint density at radius 2 is 2.12 bits per heavy atom. The monoisotopic (exact) mass is 356 g/mol. The van der Waals surface area contributed by atoms with Gasteiger partial charge < -0.3 is 14.0 Å². The number of carbonyl (C=O) groups excluding carboxylic acids is 1. The second-order valence-electron chi connectivity index (χ2n) is 5.85. The lowest BCUT2D eigenvalue weighted by Crippen LogP contribution is -2.09. The summed E-state index contributed by atoms with van der Waals surface area (Å²) < 4.78 is 17.3. The lowest BCUT2D eigenvalue weighted by molar-refractivity contribution is -0.144. The average Bonchev–Trinajstić information content (AvgIpc) is 3.21. The zero-order chi connectivity index (χ0) is 18.7. The van der Waals surface area contributed by atoms with Crippen LogP contribution in [0.1, 0.15) is 22.8 Å². The molecule has 0 fully saturated rings. The van der Waals surface area contributed by atoms with E-state index in [0.29, 0.717) is 11.6 Å². The van der Waals surface area contributed by atoms with E-state index in [0.717, 1.165) is 22.5 Å². The van der Waals surface area contributed by atoms with Crippen LogP contribution >= 0.6 is 0 Å². The fraction of sp³-hybridized carbons (Fsp3) is 0.333. The molecule has 0 bridgehead atoms. The maximum Gasteiger partial charge on any atom is 0.310 e. The highest BCUT2D eigenvalue weighted by Crippen LogP contribution is 2.21. The molecule has 3 aromatic rings. The van der Waals surface area contributed by atoms with Gasteiger partial charge in [-0.2, -0.15) is 10.1 Å². The number of esters is 1. The number of rotatable bonds is 6. The summed E-state index contributed by atoms with van der Waals surface area (Å²) >= 11 is 0. The molecule has 0 saturated carbocycles. The van der Waals surface area contributed by atoms with Crippen LogP contribution in [-0.4, -0.2) is 33.0 Å². The standard InChI is InChI=1S/C18H20N4O4/c1-11-15(12(2)22(3)20-11)9-17(23)25-10-16-19-18(21-26-16)13-6-5-7-14(8-13)24-4/h5-8H,9-10H2,1-4H3. The van der Waals surface area contributed by atoms with Gasteiger partial charge in [-0.05, 0) is 26.0 Å². The van der Waals surface area contributed by atoms with Crippen LogP contribution in [0.5, 0.6) is 5.75 Å². The van der Waals surface area contributed by atoms with Crippen molar-refractivity contribution in [1.82, 2.24) is 19.9 Å². The Balaban J connectivity index is 1.61. The molecule has 0 N–H and O–H groups in total. The van der Waals surface area contributed by atoms with Crippen LogP contribution in [-0.2, 0) is 29.6 Å². The summed E-state index contributed by atoms with van der Waals surface area (Å²) in [5, 5.41) is 8.20. The Bertz CT molecular complexity index is 929. The van der Waals surface area contributed by atoms with E-state index in [4.69, 9.17) is 14.0 Å². The Kier molecular flexibility index (Phi) is 5.01. The molecule has 0 radical (unpaired) electrons. The molecule has 0 saturated heterocycles. The fourth-order valence-corrected chi connectivity index (χ4v) is 2.60. The molecule has 0 aliphatic carbocycles. The topological polar surface area (TPSA) is 92.3 Å². The number of benzene rings is 1. The van der Waals surface area contributed by atoms with Crippen molar-refractivity contribution in [2.45, 2.75) is 26.9 Å². The lowest BCUT2D eigenvalue weighted by Gasteiger charge is -2.03. The molecular weight excluding hydrogens is 336 g/mol. The van der Waals surface area contributed by atoms with Gasteiger partial charge in [0.05, 0.1) is 19.2 Å². The predicted molar refractivity (Wildman–Crippen MR) is 92.5 cm³/mol. The second kappa shape index (κ2) is 7.38. The largest absolute Gasteiger partial charge is 0.497 e. The summed E-state index contributed by atoms with van der Waals surface area (Å²) in [6.07, 6.45) is 0.155. The van der Waals surface area contributed by atoms with E-state index in [1.165, 1.54) is 0 Å². The minimum atomic E-state index is -0.370. The van der Waals surface area contributed by atoms with Crippen LogP contribution in [0.15, 0.2) is 28.8 Å². The zero-order valence-corrected chi connectivity index (χ0v) is 15.1. The summed E-state index contributed by atoms with van der Waals surface area (Å²) in [6, 6.07) is 7.31. The molecule has 1 aromatic carbocycles. The van der Waals surface area contributed by atoms with Gasteiger partial charge in [-0.25, -0.2) is 0 Å². The van der Waals surface area contributed by atoms with Gasteiger partial charge in [0.15, 0.2) is 6.61 Å². The Hall–Kier alpha value is -3.16. The molecule has 8 heteroatoms. The van der Waals surface area contributed by atoms with E-state index in [-0.39, 0.29) is 24.9 Å². The summed E-state index contributed by atoms with van der Waals surface area (Å²) in [5.41, 5.74) is 3.39. The average molecular weight is 356 g/mol. The van der Waals surface area contributed by atoms with Gasteiger partial charge in [-0.1, -0.05) is 17.3 Å². The van der Waals surface area contributed by atoms with Gasteiger partial charge in [0, 0.05) is 23.9 Å². The van der Waals surface area contributed by atoms with Crippen molar-refractivity contribution in [1.29, 1.82) is 0 Å². The Morgan fingerprint density at radius 1 is 1.31 bits per heavy atom. The molecule has 2 heterocycles. The number of ether oxygens (including phenoxy) is 2. The van der Waals surface area contributed by atoms with Crippen LogP contribution in [0.25, 0.3) is 11.4 Å². The zero-order valence-electron chi connectivity index (χ0n) is 15.1. The highest BCUT2D eigenvalue weighted by Gasteiger charge is 2.16. The number of aryl methyl sites for hydroxylation is 2. The second-order valence-corrected chi connectivity index (χ2v) is 5.85. The number of nitrogens with zero attached hydrogens (tertiary/aromatic N) is 4. The highest BCUT2D eigenvalue weighted by atomic mass is 16.6. The van der Waals surface area contributed by atoms with Crippen molar-refractivity contribution in [2.75, 3.05) is 7.11 Å². The maximum absolute atomic E-state index is 12.1. The molecule has 0 aliphatic rings. The molecule has 0 amide bonds. The van der Waals surface area contributed by atoms with Crippen molar-refractivity contribution in [3.63, 3.8) is 0 Å². The highest BCUT2D eigenvalue weighted by molar-refractivity contribution is 5.73. The first kappa shape index (κ1) is 17.7. The molecule has 136 valence electrons. The van der Waals surface area contributed by atoms with E-state index < -0.39 is 0 Å². The van der Waals surface area contributed by atoms with Crippen molar-refractivity contribution >= 4 is 5.97 Å². The maximum atomic E-state index is 12.1. The molecule has 2 aromatic heterocycles. The molecule has 0 aliphatic heterocycles. The van der Waals surface area contributed by atoms with Crippen molar-refractivity contribution < 1.29 is 18.8 Å². The van der Waals surface area contributed by atoms with Gasteiger partial charge in [0.2, 0.25) is 5.82 Å². The van der Waals surface area contributed by atoms with Crippen molar-refractivity contribution in [3.05, 3.63) is 47.1 Å². The molecule has 0 unspecified atom stereocenters. The SMILES string of the molecule is COc1cccc(-c2noc(COC(=O)Cc3c(C)nn(C)c3C)n2)c1. The molecular formula is C18H20N4O4. The van der Waals surface area contributed by atoms with E-state index in [2.05, 4.69) is 15.2 Å². The van der Waals surface area contributed by atoms with Crippen molar-refractivity contribution in [2.24, 2.45) is 7.05 Å². The molecule has 0 atom stereocenters. The minimum absolute atomic E-state index is 0.0752. The van der Waals surface area contributed by atoms with Crippen LogP contribution < -0.4 is 4.74 Å². The molecule has 26 heavy (non-hydrogen) atoms. The van der Waals surface area contributed by atoms with E-state index in [1.54, 1.807) is 17.9 Å². The number of aromatic nitrogens is 4. The summed E-state index contributed by atoms with van der Waals surface area (Å²) in [4.78, 5) is 16.3. The first-order chi connectivity index (χ1) is 12.5. The van der Waals surface area contributed by atoms with Crippen LogP contribution in [0, 0.1) is 13.8 Å². The van der Waals surface area contributed by atoms with Gasteiger partial charge >= 0.3 is 5.97 Å². The normalized spacial score (nSPS) is 10.8. The van der Waals surface area contributed by atoms with Gasteiger partial charge in [0.25, 0.3) is 5.89 Å². The molecule has 8 nitrogen and oxygen atoms in total. The molecule has 0 spiro atoms. The lowest BCUT2D eigenvalue weighted by atomic mass is 10.1. The van der Waals surface area contributed by atoms with Gasteiger partial charge in [-0.3, -0.25) is 9.48 Å². The molecule has 3 rings (SSSR count). The van der Waals surface area contributed by atoms with Crippen LogP contribution in [0.2, 0.25) is 0 Å². The van der Waals surface area contributed by atoms with Crippen molar-refractivity contribution in [3.8, 4) is 17.1 Å². The van der Waals surface area contributed by atoms with E-state index >= 15 is 0 Å². The predicted octanol–water partition coefficient (Wildman–Crippen LogP) is 2.38. The number of hydrogen-bond acceptors (Lipinski definition) is 7. The third kappa shape index (κ3) is 3.74. The minimum Gasteiger partial charge on any atom is -0.497 e. The van der Waals surface area contributed by atoms with E-state index in [1.807, 2.05) is 39.1 Å². The smallest absolute Gasteiger partial charge is 0.310 e. The van der Waals surface area contributed by atoms with Gasteiger partial charge in [-0.15, -0.1) is 0 Å². The third-order valence-electron chi connectivity index (χ3n) is 4.13. The number of hydrogen-bond donors (Lipinski definition) is 0. The quantitative estimate of drug-likeness (QED) is 0.626. The fourth-order valence-electron chi connectivity index (χ4n) is 2.60. The third-order valence-corrected chi connectivity index (χ3v) is 4.13. The van der Waals surface area contributed by atoms with Crippen LogP contribution in [0.4, 0.5) is 0 Å². The number of carbonyl (C=O) groups is 1. The summed E-state index contributed by atoms with van der Waals surface area (Å²) in [7, 11) is 3.43. The van der Waals surface area contributed by atoms with Gasteiger partial charge in [0.1, 0.15) is 5.75 Å².